The normalized spacial score (nSPS) is 15.2. The molecule has 40 heavy (non-hydrogen) atoms. The first kappa shape index (κ1) is 30.9. The lowest BCUT2D eigenvalue weighted by molar-refractivity contribution is -0.388. The fourth-order valence-corrected chi connectivity index (χ4v) is 4.10. The first-order valence-electron chi connectivity index (χ1n) is 12.5. The van der Waals surface area contributed by atoms with Crippen LogP contribution < -0.4 is 9.64 Å². The molecular formula is C25H28F6N4O5. The van der Waals surface area contributed by atoms with Crippen molar-refractivity contribution >= 4 is 17.4 Å². The third-order valence-electron chi connectivity index (χ3n) is 6.30. The number of hydrogen-bond donors (Lipinski definition) is 0. The Labute approximate surface area is 225 Å². The van der Waals surface area contributed by atoms with Crippen LogP contribution in [0.4, 0.5) is 37.8 Å². The Balaban J connectivity index is 1.39. The van der Waals surface area contributed by atoms with Gasteiger partial charge >= 0.3 is 12.4 Å². The Hall–Kier alpha value is -3.62. The summed E-state index contributed by atoms with van der Waals surface area (Å²) in [6.45, 7) is 3.32. The number of rotatable bonds is 11. The molecule has 2 heterocycles. The topological polar surface area (TPSA) is 98.0 Å². The molecule has 1 aliphatic heterocycles. The second-order valence-corrected chi connectivity index (χ2v) is 9.05. The van der Waals surface area contributed by atoms with Gasteiger partial charge in [-0.25, -0.2) is 4.98 Å². The second kappa shape index (κ2) is 13.2. The molecule has 1 fully saturated rings. The maximum atomic E-state index is 13.2. The van der Waals surface area contributed by atoms with Crippen molar-refractivity contribution in [1.29, 1.82) is 0 Å². The minimum absolute atomic E-state index is 0.133. The van der Waals surface area contributed by atoms with Crippen LogP contribution in [-0.4, -0.2) is 66.2 Å². The van der Waals surface area contributed by atoms with Crippen molar-refractivity contribution in [3.05, 3.63) is 57.8 Å². The van der Waals surface area contributed by atoms with Gasteiger partial charge in [-0.1, -0.05) is 6.92 Å². The number of nitrogens with zero attached hydrogens (tertiary/aromatic N) is 4. The number of carbonyl (C=O) groups excluding carboxylic acids is 1. The number of ether oxygens (including phenoxy) is 2. The van der Waals surface area contributed by atoms with Gasteiger partial charge in [0.2, 0.25) is 5.91 Å². The highest BCUT2D eigenvalue weighted by atomic mass is 19.4. The fraction of sp³-hybridized carbons (Fsp3) is 0.520. The van der Waals surface area contributed by atoms with Crippen molar-refractivity contribution < 1.29 is 45.5 Å². The molecule has 1 atom stereocenters. The largest absolute Gasteiger partial charge is 0.490 e. The van der Waals surface area contributed by atoms with E-state index in [1.54, 1.807) is 16.7 Å². The molecule has 0 spiro atoms. The molecular weight excluding hydrogens is 550 g/mol. The highest BCUT2D eigenvalue weighted by molar-refractivity contribution is 5.77. The molecule has 1 aromatic carbocycles. The van der Waals surface area contributed by atoms with Gasteiger partial charge in [-0.05, 0) is 43.5 Å². The van der Waals surface area contributed by atoms with E-state index in [2.05, 4.69) is 4.98 Å². The Bertz CT molecular complexity index is 1150. The summed E-state index contributed by atoms with van der Waals surface area (Å²) < 4.78 is 88.8. The molecule has 2 aromatic rings. The van der Waals surface area contributed by atoms with Gasteiger partial charge in [-0.3, -0.25) is 14.9 Å². The first-order chi connectivity index (χ1) is 18.8. The molecule has 3 rings (SSSR count). The number of nitro benzene ring substituents is 1. The third kappa shape index (κ3) is 8.44. The standard InChI is InChI=1S/C25H28F6N4O5/c1-2-18(40-19-6-7-21(35(37)38)20(14-19)25(29,30)31)4-3-13-39-16-23(36)34-11-9-33(10-12-34)22-8-5-17(15-32-22)24(26,27)28/h5-8,14-15,18H,2-4,9-13,16H2,1H3. The summed E-state index contributed by atoms with van der Waals surface area (Å²) >= 11 is 0. The van der Waals surface area contributed by atoms with Crippen LogP contribution in [0.15, 0.2) is 36.5 Å². The molecule has 1 amide bonds. The van der Waals surface area contributed by atoms with Crippen molar-refractivity contribution in [1.82, 2.24) is 9.88 Å². The Morgan fingerprint density at radius 3 is 2.33 bits per heavy atom. The van der Waals surface area contributed by atoms with Crippen LogP contribution in [0.25, 0.3) is 0 Å². The van der Waals surface area contributed by atoms with Crippen molar-refractivity contribution in [2.75, 3.05) is 44.3 Å². The molecule has 0 radical (unpaired) electrons. The summed E-state index contributed by atoms with van der Waals surface area (Å²) in [7, 11) is 0. The molecule has 0 bridgehead atoms. The number of hydrogen-bond acceptors (Lipinski definition) is 7. The fourth-order valence-electron chi connectivity index (χ4n) is 4.10. The summed E-state index contributed by atoms with van der Waals surface area (Å²) in [6, 6.07) is 4.77. The van der Waals surface area contributed by atoms with E-state index in [0.717, 1.165) is 24.4 Å². The van der Waals surface area contributed by atoms with Crippen LogP contribution in [-0.2, 0) is 21.9 Å². The molecule has 1 unspecified atom stereocenters. The predicted molar refractivity (Wildman–Crippen MR) is 131 cm³/mol. The number of aromatic nitrogens is 1. The van der Waals surface area contributed by atoms with Gasteiger partial charge < -0.3 is 19.3 Å². The van der Waals surface area contributed by atoms with E-state index in [4.69, 9.17) is 9.47 Å². The summed E-state index contributed by atoms with van der Waals surface area (Å²) in [5.41, 5.74) is -3.27. The summed E-state index contributed by atoms with van der Waals surface area (Å²) in [5, 5.41) is 10.9. The number of pyridine rings is 1. The van der Waals surface area contributed by atoms with E-state index < -0.39 is 40.2 Å². The van der Waals surface area contributed by atoms with Crippen LogP contribution in [0, 0.1) is 10.1 Å². The smallest absolute Gasteiger partial charge is 0.423 e. The zero-order valence-corrected chi connectivity index (χ0v) is 21.5. The number of benzene rings is 1. The SMILES string of the molecule is CCC(CCCOCC(=O)N1CCN(c2ccc(C(F)(F)F)cn2)CC1)Oc1ccc([N+](=O)[O-])c(C(F)(F)F)c1. The van der Waals surface area contributed by atoms with Gasteiger partial charge in [0.15, 0.2) is 0 Å². The van der Waals surface area contributed by atoms with Crippen molar-refractivity contribution in [2.24, 2.45) is 0 Å². The Kier molecular flexibility index (Phi) is 10.2. The van der Waals surface area contributed by atoms with Crippen LogP contribution in [0.1, 0.15) is 37.3 Å². The molecule has 220 valence electrons. The maximum Gasteiger partial charge on any atom is 0.423 e. The average Bonchev–Trinajstić information content (AvgIpc) is 2.91. The van der Waals surface area contributed by atoms with E-state index in [1.807, 2.05) is 0 Å². The first-order valence-corrected chi connectivity index (χ1v) is 12.5. The third-order valence-corrected chi connectivity index (χ3v) is 6.30. The van der Waals surface area contributed by atoms with Gasteiger partial charge in [0.25, 0.3) is 5.69 Å². The monoisotopic (exact) mass is 578 g/mol. The number of halogens is 6. The number of carbonyl (C=O) groups is 1. The minimum atomic E-state index is -4.91. The Morgan fingerprint density at radius 1 is 1.07 bits per heavy atom. The maximum absolute atomic E-state index is 13.2. The Morgan fingerprint density at radius 2 is 1.77 bits per heavy atom. The molecule has 9 nitrogen and oxygen atoms in total. The number of anilines is 1. The van der Waals surface area contributed by atoms with Gasteiger partial charge in [0, 0.05) is 45.0 Å². The van der Waals surface area contributed by atoms with Crippen molar-refractivity contribution in [3.63, 3.8) is 0 Å². The summed E-state index contributed by atoms with van der Waals surface area (Å²) in [6.07, 6.45) is -7.71. The lowest BCUT2D eigenvalue weighted by Gasteiger charge is -2.35. The number of piperazine rings is 1. The summed E-state index contributed by atoms with van der Waals surface area (Å²) in [5.74, 6) is 0.0211. The summed E-state index contributed by atoms with van der Waals surface area (Å²) in [4.78, 5) is 29.5. The zero-order valence-electron chi connectivity index (χ0n) is 21.5. The lowest BCUT2D eigenvalue weighted by Crippen LogP contribution is -2.50. The van der Waals surface area contributed by atoms with Gasteiger partial charge in [0.05, 0.1) is 16.6 Å². The van der Waals surface area contributed by atoms with Gasteiger partial charge in [0.1, 0.15) is 23.7 Å². The molecule has 0 saturated carbocycles. The predicted octanol–water partition coefficient (Wildman–Crippen LogP) is 5.33. The van der Waals surface area contributed by atoms with E-state index in [-0.39, 0.29) is 24.9 Å². The van der Waals surface area contributed by atoms with Crippen LogP contribution in [0.3, 0.4) is 0 Å². The zero-order chi connectivity index (χ0) is 29.5. The number of amides is 1. The number of alkyl halides is 6. The van der Waals surface area contributed by atoms with E-state index >= 15 is 0 Å². The van der Waals surface area contributed by atoms with E-state index in [0.29, 0.717) is 57.3 Å². The minimum Gasteiger partial charge on any atom is -0.490 e. The highest BCUT2D eigenvalue weighted by Crippen LogP contribution is 2.38. The van der Waals surface area contributed by atoms with Gasteiger partial charge in [-0.15, -0.1) is 0 Å². The molecule has 1 saturated heterocycles. The van der Waals surface area contributed by atoms with Crippen LogP contribution in [0.2, 0.25) is 0 Å². The van der Waals surface area contributed by atoms with Crippen molar-refractivity contribution in [3.8, 4) is 5.75 Å². The lowest BCUT2D eigenvalue weighted by atomic mass is 10.1. The van der Waals surface area contributed by atoms with E-state index in [1.165, 1.54) is 6.07 Å². The van der Waals surface area contributed by atoms with Crippen molar-refractivity contribution in [2.45, 2.75) is 44.6 Å². The molecule has 0 aliphatic carbocycles. The molecule has 0 N–H and O–H groups in total. The average molecular weight is 579 g/mol. The number of nitro groups is 1. The molecule has 1 aliphatic rings. The molecule has 1 aromatic heterocycles. The second-order valence-electron chi connectivity index (χ2n) is 9.05. The highest BCUT2D eigenvalue weighted by Gasteiger charge is 2.39. The van der Waals surface area contributed by atoms with Gasteiger partial charge in [-0.2, -0.15) is 26.3 Å². The van der Waals surface area contributed by atoms with Crippen LogP contribution in [0.5, 0.6) is 5.75 Å². The molecule has 15 heteroatoms. The van der Waals surface area contributed by atoms with E-state index in [9.17, 15) is 41.3 Å². The van der Waals surface area contributed by atoms with Crippen LogP contribution >= 0.6 is 0 Å². The quantitative estimate of drug-likeness (QED) is 0.154.